The Bertz CT molecular complexity index is 144. The van der Waals surface area contributed by atoms with E-state index in [9.17, 15) is 0 Å². The Kier molecular flexibility index (Phi) is 13.0. The summed E-state index contributed by atoms with van der Waals surface area (Å²) in [6.45, 7) is 7.54. The quantitative estimate of drug-likeness (QED) is 0.311. The Morgan fingerprint density at radius 2 is 1.20 bits per heavy atom. The second kappa shape index (κ2) is 13.5. The van der Waals surface area contributed by atoms with Crippen molar-refractivity contribution in [2.24, 2.45) is 0 Å². The van der Waals surface area contributed by atoms with Crippen molar-refractivity contribution in [3.8, 4) is 0 Å². The maximum absolute atomic E-state index is 3.81. The first-order valence-electron chi connectivity index (χ1n) is 6.47. The number of hydrogen-bond acceptors (Lipinski definition) is 0. The van der Waals surface area contributed by atoms with Gasteiger partial charge in [0.15, 0.2) is 0 Å². The molecule has 1 radical (unpaired) electrons. The molecule has 0 fully saturated rings. The van der Waals surface area contributed by atoms with Crippen LogP contribution in [0, 0.1) is 6.92 Å². The fourth-order valence-electron chi connectivity index (χ4n) is 1.61. The van der Waals surface area contributed by atoms with Gasteiger partial charge in [0.2, 0.25) is 0 Å². The molecule has 0 aromatic heterocycles. The number of allylic oxidation sites excluding steroid dienone is 3. The second-order valence-corrected chi connectivity index (χ2v) is 4.10. The van der Waals surface area contributed by atoms with Gasteiger partial charge in [-0.3, -0.25) is 0 Å². The van der Waals surface area contributed by atoms with E-state index in [0.717, 1.165) is 12.8 Å². The van der Waals surface area contributed by atoms with Crippen LogP contribution in [-0.2, 0) is 0 Å². The predicted molar refractivity (Wildman–Crippen MR) is 70.9 cm³/mol. The van der Waals surface area contributed by atoms with Gasteiger partial charge < -0.3 is 0 Å². The van der Waals surface area contributed by atoms with Crippen LogP contribution in [0.3, 0.4) is 0 Å². The van der Waals surface area contributed by atoms with Crippen LogP contribution < -0.4 is 0 Å². The molecule has 15 heavy (non-hydrogen) atoms. The molecular formula is C15H27. The maximum Gasteiger partial charge on any atom is -0.0351 e. The van der Waals surface area contributed by atoms with Crippen molar-refractivity contribution in [3.63, 3.8) is 0 Å². The van der Waals surface area contributed by atoms with Crippen LogP contribution >= 0.6 is 0 Å². The van der Waals surface area contributed by atoms with Gasteiger partial charge in [-0.1, -0.05) is 50.8 Å². The Labute approximate surface area is 96.5 Å². The summed E-state index contributed by atoms with van der Waals surface area (Å²) in [5.74, 6) is 0. The Hall–Kier alpha value is -0.520. The molecule has 0 rings (SSSR count). The van der Waals surface area contributed by atoms with Crippen LogP contribution in [0.15, 0.2) is 24.8 Å². The molecule has 0 saturated carbocycles. The third-order valence-electron chi connectivity index (χ3n) is 2.57. The molecule has 0 amide bonds. The predicted octanol–water partition coefficient (Wildman–Crippen LogP) is 5.46. The zero-order valence-corrected chi connectivity index (χ0v) is 10.2. The number of unbranched alkanes of at least 4 members (excludes halogenated alkanes) is 8. The lowest BCUT2D eigenvalue weighted by Crippen LogP contribution is -1.79. The van der Waals surface area contributed by atoms with Crippen LogP contribution in [-0.4, -0.2) is 0 Å². The van der Waals surface area contributed by atoms with E-state index in [0.29, 0.717) is 0 Å². The molecule has 0 heterocycles. The van der Waals surface area contributed by atoms with E-state index in [4.69, 9.17) is 0 Å². The lowest BCUT2D eigenvalue weighted by atomic mass is 10.1. The van der Waals surface area contributed by atoms with E-state index >= 15 is 0 Å². The lowest BCUT2D eigenvalue weighted by molar-refractivity contribution is 0.600. The van der Waals surface area contributed by atoms with E-state index in [1.807, 2.05) is 6.08 Å². The highest BCUT2D eigenvalue weighted by Gasteiger charge is 1.89. The summed E-state index contributed by atoms with van der Waals surface area (Å²) >= 11 is 0. The highest BCUT2D eigenvalue weighted by atomic mass is 14.0. The van der Waals surface area contributed by atoms with Gasteiger partial charge in [0.25, 0.3) is 0 Å². The molecule has 0 aliphatic rings. The SMILES string of the molecule is [CH2]CCC=CCCCCCCCCC=C. The third-order valence-corrected chi connectivity index (χ3v) is 2.57. The second-order valence-electron chi connectivity index (χ2n) is 4.10. The van der Waals surface area contributed by atoms with Crippen LogP contribution in [0.1, 0.15) is 64.2 Å². The van der Waals surface area contributed by atoms with E-state index in [2.05, 4.69) is 25.7 Å². The fourth-order valence-corrected chi connectivity index (χ4v) is 1.61. The van der Waals surface area contributed by atoms with Gasteiger partial charge >= 0.3 is 0 Å². The highest BCUT2D eigenvalue weighted by Crippen LogP contribution is 2.09. The molecule has 0 N–H and O–H groups in total. The Morgan fingerprint density at radius 1 is 0.667 bits per heavy atom. The molecule has 0 bridgehead atoms. The van der Waals surface area contributed by atoms with Crippen LogP contribution in [0.5, 0.6) is 0 Å². The van der Waals surface area contributed by atoms with E-state index < -0.39 is 0 Å². The molecule has 87 valence electrons. The van der Waals surface area contributed by atoms with Gasteiger partial charge in [-0.05, 0) is 38.5 Å². The summed E-state index contributed by atoms with van der Waals surface area (Å²) in [6.07, 6.45) is 19.5. The summed E-state index contributed by atoms with van der Waals surface area (Å²) in [4.78, 5) is 0. The molecule has 0 nitrogen and oxygen atoms in total. The highest BCUT2D eigenvalue weighted by molar-refractivity contribution is 4.81. The first-order chi connectivity index (χ1) is 7.41. The van der Waals surface area contributed by atoms with Crippen molar-refractivity contribution in [2.45, 2.75) is 64.2 Å². The van der Waals surface area contributed by atoms with E-state index in [1.165, 1.54) is 51.4 Å². The molecule has 0 aromatic carbocycles. The van der Waals surface area contributed by atoms with Crippen molar-refractivity contribution in [3.05, 3.63) is 31.7 Å². The molecule has 0 aromatic rings. The van der Waals surface area contributed by atoms with Gasteiger partial charge in [-0.25, -0.2) is 0 Å². The third kappa shape index (κ3) is 13.5. The molecule has 0 spiro atoms. The minimum Gasteiger partial charge on any atom is -0.103 e. The average Bonchev–Trinajstić information content (AvgIpc) is 2.26. The van der Waals surface area contributed by atoms with Crippen LogP contribution in [0.25, 0.3) is 0 Å². The van der Waals surface area contributed by atoms with Crippen molar-refractivity contribution in [2.75, 3.05) is 0 Å². The first-order valence-corrected chi connectivity index (χ1v) is 6.47. The monoisotopic (exact) mass is 207 g/mol. The van der Waals surface area contributed by atoms with Crippen molar-refractivity contribution < 1.29 is 0 Å². The topological polar surface area (TPSA) is 0 Å². The van der Waals surface area contributed by atoms with Crippen LogP contribution in [0.4, 0.5) is 0 Å². The van der Waals surface area contributed by atoms with Crippen molar-refractivity contribution in [1.82, 2.24) is 0 Å². The normalized spacial score (nSPS) is 11.0. The molecule has 0 aliphatic heterocycles. The molecular weight excluding hydrogens is 180 g/mol. The van der Waals surface area contributed by atoms with E-state index in [-0.39, 0.29) is 0 Å². The van der Waals surface area contributed by atoms with Crippen molar-refractivity contribution in [1.29, 1.82) is 0 Å². The van der Waals surface area contributed by atoms with Gasteiger partial charge in [0, 0.05) is 0 Å². The molecule has 0 unspecified atom stereocenters. The lowest BCUT2D eigenvalue weighted by Gasteiger charge is -1.98. The van der Waals surface area contributed by atoms with Gasteiger partial charge in [-0.2, -0.15) is 0 Å². The zero-order valence-electron chi connectivity index (χ0n) is 10.2. The van der Waals surface area contributed by atoms with Gasteiger partial charge in [-0.15, -0.1) is 6.58 Å². The van der Waals surface area contributed by atoms with Gasteiger partial charge in [0.1, 0.15) is 0 Å². The fraction of sp³-hybridized carbons (Fsp3) is 0.667. The zero-order chi connectivity index (χ0) is 11.2. The smallest absolute Gasteiger partial charge is 0.0351 e. The summed E-state index contributed by atoms with van der Waals surface area (Å²) in [5, 5.41) is 0. The number of hydrogen-bond donors (Lipinski definition) is 0. The summed E-state index contributed by atoms with van der Waals surface area (Å²) in [6, 6.07) is 0. The molecule has 0 atom stereocenters. The Balaban J connectivity index is 2.95. The Morgan fingerprint density at radius 3 is 1.80 bits per heavy atom. The summed E-state index contributed by atoms with van der Waals surface area (Å²) < 4.78 is 0. The van der Waals surface area contributed by atoms with Crippen molar-refractivity contribution >= 4 is 0 Å². The molecule has 0 aliphatic carbocycles. The molecule has 0 heteroatoms. The van der Waals surface area contributed by atoms with E-state index in [1.54, 1.807) is 0 Å². The summed E-state index contributed by atoms with van der Waals surface area (Å²) in [7, 11) is 0. The summed E-state index contributed by atoms with van der Waals surface area (Å²) in [5.41, 5.74) is 0. The number of rotatable bonds is 11. The van der Waals surface area contributed by atoms with Crippen LogP contribution in [0.2, 0.25) is 0 Å². The average molecular weight is 207 g/mol. The van der Waals surface area contributed by atoms with Gasteiger partial charge in [0.05, 0.1) is 0 Å². The molecule has 0 saturated heterocycles. The minimum absolute atomic E-state index is 1.03. The first kappa shape index (κ1) is 14.5. The maximum atomic E-state index is 3.81. The largest absolute Gasteiger partial charge is 0.103 e. The standard InChI is InChI=1S/C15H27/c1-3-5-7-9-11-13-15-14-12-10-8-6-4-2/h3,8,10H,1-2,4-7,9,11-15H2. The minimum atomic E-state index is 1.03.